The lowest BCUT2D eigenvalue weighted by Gasteiger charge is -2.15. The van der Waals surface area contributed by atoms with Crippen LogP contribution in [-0.2, 0) is 0 Å². The molecular weight excluding hydrogens is 152 g/mol. The Morgan fingerprint density at radius 1 is 1.58 bits per heavy atom. The fraction of sp³-hybridized carbons (Fsp3) is 0.444. The summed E-state index contributed by atoms with van der Waals surface area (Å²) in [6, 6.07) is 0. The smallest absolute Gasteiger partial charge is 0.0927 e. The van der Waals surface area contributed by atoms with Gasteiger partial charge in [0, 0.05) is 6.20 Å². The number of aromatic amines is 1. The molecule has 1 aliphatic carbocycles. The van der Waals surface area contributed by atoms with Crippen molar-refractivity contribution in [2.75, 3.05) is 0 Å². The molecule has 1 atom stereocenters. The normalized spacial score (nSPS) is 23.8. The number of imidazole rings is 1. The van der Waals surface area contributed by atoms with Crippen LogP contribution in [0.4, 0.5) is 0 Å². The van der Waals surface area contributed by atoms with Crippen molar-refractivity contribution in [2.45, 2.75) is 25.4 Å². The molecule has 0 aromatic carbocycles. The van der Waals surface area contributed by atoms with E-state index in [4.69, 9.17) is 0 Å². The van der Waals surface area contributed by atoms with Crippen LogP contribution in [0.15, 0.2) is 18.6 Å². The van der Waals surface area contributed by atoms with Crippen molar-refractivity contribution >= 4 is 5.57 Å². The summed E-state index contributed by atoms with van der Waals surface area (Å²) in [5, 5.41) is 9.25. The molecule has 1 aliphatic rings. The van der Waals surface area contributed by atoms with Gasteiger partial charge in [0.15, 0.2) is 0 Å². The van der Waals surface area contributed by atoms with E-state index in [1.165, 1.54) is 5.57 Å². The summed E-state index contributed by atoms with van der Waals surface area (Å²) < 4.78 is 0. The molecule has 1 aromatic heterocycles. The number of allylic oxidation sites excluding steroid dienone is 1. The molecule has 1 heterocycles. The van der Waals surface area contributed by atoms with Gasteiger partial charge in [-0.15, -0.1) is 0 Å². The van der Waals surface area contributed by atoms with Crippen molar-refractivity contribution in [1.82, 2.24) is 9.97 Å². The van der Waals surface area contributed by atoms with Crippen LogP contribution in [0.5, 0.6) is 0 Å². The lowest BCUT2D eigenvalue weighted by atomic mass is 9.96. The number of hydrogen-bond acceptors (Lipinski definition) is 2. The number of aliphatic hydroxyl groups excluding tert-OH is 1. The number of aliphatic hydroxyl groups is 1. The maximum Gasteiger partial charge on any atom is 0.0927 e. The van der Waals surface area contributed by atoms with Crippen LogP contribution in [0.3, 0.4) is 0 Å². The summed E-state index contributed by atoms with van der Waals surface area (Å²) >= 11 is 0. The molecule has 2 rings (SSSR count). The number of nitrogens with one attached hydrogen (secondary N) is 1. The number of hydrogen-bond donors (Lipinski definition) is 2. The third-order valence-electron chi connectivity index (χ3n) is 2.21. The number of H-pyrrole nitrogens is 1. The molecule has 0 saturated carbocycles. The van der Waals surface area contributed by atoms with Crippen molar-refractivity contribution in [3.05, 3.63) is 24.3 Å². The quantitative estimate of drug-likeness (QED) is 0.658. The second kappa shape index (κ2) is 3.11. The van der Waals surface area contributed by atoms with Crippen molar-refractivity contribution in [3.8, 4) is 0 Å². The Labute approximate surface area is 71.1 Å². The molecule has 12 heavy (non-hydrogen) atoms. The molecule has 0 saturated heterocycles. The van der Waals surface area contributed by atoms with Crippen molar-refractivity contribution < 1.29 is 5.11 Å². The van der Waals surface area contributed by atoms with Gasteiger partial charge in [-0.3, -0.25) is 0 Å². The summed E-state index contributed by atoms with van der Waals surface area (Å²) in [5.74, 6) is 0. The highest BCUT2D eigenvalue weighted by atomic mass is 16.3. The van der Waals surface area contributed by atoms with Gasteiger partial charge in [0.1, 0.15) is 0 Å². The topological polar surface area (TPSA) is 48.9 Å². The van der Waals surface area contributed by atoms with Gasteiger partial charge < -0.3 is 10.1 Å². The fourth-order valence-corrected chi connectivity index (χ4v) is 1.49. The molecule has 1 unspecified atom stereocenters. The molecule has 0 radical (unpaired) electrons. The van der Waals surface area contributed by atoms with Gasteiger partial charge >= 0.3 is 0 Å². The zero-order chi connectivity index (χ0) is 8.39. The molecular formula is C9H12N2O. The number of nitrogens with zero attached hydrogens (tertiary/aromatic N) is 1. The number of rotatable bonds is 1. The summed E-state index contributed by atoms with van der Waals surface area (Å²) in [5.41, 5.74) is 2.27. The third-order valence-corrected chi connectivity index (χ3v) is 2.21. The monoisotopic (exact) mass is 164 g/mol. The second-order valence-corrected chi connectivity index (χ2v) is 3.11. The molecule has 64 valence electrons. The lowest BCUT2D eigenvalue weighted by molar-refractivity contribution is 0.166. The zero-order valence-corrected chi connectivity index (χ0v) is 6.83. The van der Waals surface area contributed by atoms with Crippen molar-refractivity contribution in [3.63, 3.8) is 0 Å². The molecule has 0 bridgehead atoms. The first-order chi connectivity index (χ1) is 5.86. The van der Waals surface area contributed by atoms with Crippen LogP contribution in [0.1, 0.15) is 25.0 Å². The summed E-state index contributed by atoms with van der Waals surface area (Å²) in [7, 11) is 0. The van der Waals surface area contributed by atoms with Crippen molar-refractivity contribution in [2.24, 2.45) is 0 Å². The van der Waals surface area contributed by atoms with E-state index in [2.05, 4.69) is 16.0 Å². The molecule has 1 aromatic rings. The first-order valence-corrected chi connectivity index (χ1v) is 4.22. The van der Waals surface area contributed by atoms with Crippen LogP contribution in [-0.4, -0.2) is 21.2 Å². The maximum atomic E-state index is 9.25. The van der Waals surface area contributed by atoms with E-state index < -0.39 is 0 Å². The third kappa shape index (κ3) is 1.41. The highest BCUT2D eigenvalue weighted by Gasteiger charge is 2.13. The van der Waals surface area contributed by atoms with E-state index in [1.54, 1.807) is 6.33 Å². The predicted octanol–water partition coefficient (Wildman–Crippen LogP) is 1.34. The largest absolute Gasteiger partial charge is 0.393 e. The summed E-state index contributed by atoms with van der Waals surface area (Å²) in [4.78, 5) is 7.08. The van der Waals surface area contributed by atoms with E-state index in [-0.39, 0.29) is 6.10 Å². The van der Waals surface area contributed by atoms with Crippen molar-refractivity contribution in [1.29, 1.82) is 0 Å². The minimum absolute atomic E-state index is 0.146. The SMILES string of the molecule is OC1CC=C(c2c[nH]cn2)CC1. The Morgan fingerprint density at radius 2 is 2.50 bits per heavy atom. The van der Waals surface area contributed by atoms with Gasteiger partial charge in [-0.25, -0.2) is 4.98 Å². The van der Waals surface area contributed by atoms with E-state index in [0.29, 0.717) is 0 Å². The highest BCUT2D eigenvalue weighted by Crippen LogP contribution is 2.24. The first-order valence-electron chi connectivity index (χ1n) is 4.22. The Kier molecular flexibility index (Phi) is 1.96. The van der Waals surface area contributed by atoms with Crippen LogP contribution >= 0.6 is 0 Å². The first kappa shape index (κ1) is 7.55. The van der Waals surface area contributed by atoms with Crippen LogP contribution < -0.4 is 0 Å². The van der Waals surface area contributed by atoms with Gasteiger partial charge in [-0.05, 0) is 24.8 Å². The fourth-order valence-electron chi connectivity index (χ4n) is 1.49. The Morgan fingerprint density at radius 3 is 3.08 bits per heavy atom. The highest BCUT2D eigenvalue weighted by molar-refractivity contribution is 5.62. The van der Waals surface area contributed by atoms with E-state index in [0.717, 1.165) is 25.0 Å². The van der Waals surface area contributed by atoms with Crippen LogP contribution in [0.2, 0.25) is 0 Å². The predicted molar refractivity (Wildman–Crippen MR) is 46.4 cm³/mol. The molecule has 0 fully saturated rings. The minimum atomic E-state index is -0.146. The summed E-state index contributed by atoms with van der Waals surface area (Å²) in [6.45, 7) is 0. The molecule has 3 heteroatoms. The summed E-state index contributed by atoms with van der Waals surface area (Å²) in [6.07, 6.45) is 8.06. The molecule has 3 nitrogen and oxygen atoms in total. The van der Waals surface area contributed by atoms with Gasteiger partial charge in [0.25, 0.3) is 0 Å². The van der Waals surface area contributed by atoms with E-state index >= 15 is 0 Å². The van der Waals surface area contributed by atoms with Crippen LogP contribution in [0, 0.1) is 0 Å². The second-order valence-electron chi connectivity index (χ2n) is 3.11. The lowest BCUT2D eigenvalue weighted by Crippen LogP contribution is -2.09. The minimum Gasteiger partial charge on any atom is -0.393 e. The van der Waals surface area contributed by atoms with Gasteiger partial charge in [-0.1, -0.05) is 6.08 Å². The Bertz CT molecular complexity index is 277. The van der Waals surface area contributed by atoms with E-state index in [9.17, 15) is 5.11 Å². The Balaban J connectivity index is 2.16. The molecule has 2 N–H and O–H groups in total. The van der Waals surface area contributed by atoms with Gasteiger partial charge in [-0.2, -0.15) is 0 Å². The Hall–Kier alpha value is -1.09. The average Bonchev–Trinajstić information content (AvgIpc) is 2.58. The van der Waals surface area contributed by atoms with E-state index in [1.807, 2.05) is 6.20 Å². The zero-order valence-electron chi connectivity index (χ0n) is 6.83. The molecule has 0 amide bonds. The van der Waals surface area contributed by atoms with Crippen LogP contribution in [0.25, 0.3) is 5.57 Å². The standard InChI is InChI=1S/C9H12N2O/c12-8-3-1-7(2-4-8)9-5-10-6-11-9/h1,5-6,8,12H,2-4H2,(H,10,11). The van der Waals surface area contributed by atoms with Gasteiger partial charge in [0.05, 0.1) is 18.1 Å². The molecule has 0 spiro atoms. The molecule has 0 aliphatic heterocycles. The average molecular weight is 164 g/mol. The maximum absolute atomic E-state index is 9.25. The number of aromatic nitrogens is 2. The van der Waals surface area contributed by atoms with Gasteiger partial charge in [0.2, 0.25) is 0 Å².